The van der Waals surface area contributed by atoms with Crippen molar-refractivity contribution in [2.24, 2.45) is 11.7 Å². The zero-order valence-corrected chi connectivity index (χ0v) is 22.0. The fourth-order valence-corrected chi connectivity index (χ4v) is 4.08. The molecule has 1 fully saturated rings. The molecular weight excluding hydrogens is 482 g/mol. The normalized spacial score (nSPS) is 17.4. The molecule has 37 heavy (non-hydrogen) atoms. The summed E-state index contributed by atoms with van der Waals surface area (Å²) in [7, 11) is 0. The molecule has 1 rings (SSSR count). The Hall–Kier alpha value is -3.28. The van der Waals surface area contributed by atoms with Gasteiger partial charge in [-0.3, -0.25) is 28.8 Å². The zero-order valence-electron chi connectivity index (χ0n) is 22.0. The Balaban J connectivity index is 2.86. The van der Waals surface area contributed by atoms with Crippen LogP contribution in [0.2, 0.25) is 0 Å². The fraction of sp³-hybridized carbons (Fsp3) is 0.680. The van der Waals surface area contributed by atoms with Crippen LogP contribution in [0.5, 0.6) is 0 Å². The monoisotopic (exact) mass is 523 g/mol. The molecule has 1 saturated heterocycles. The van der Waals surface area contributed by atoms with Crippen LogP contribution in [-0.4, -0.2) is 82.6 Å². The van der Waals surface area contributed by atoms with Gasteiger partial charge in [0.25, 0.3) is 5.91 Å². The van der Waals surface area contributed by atoms with Crippen molar-refractivity contribution in [3.63, 3.8) is 0 Å². The number of hydrogen-bond acceptors (Lipinski definition) is 7. The van der Waals surface area contributed by atoms with Crippen molar-refractivity contribution in [1.29, 1.82) is 0 Å². The predicted octanol–water partition coefficient (Wildman–Crippen LogP) is -0.143. The van der Waals surface area contributed by atoms with E-state index in [1.807, 2.05) is 6.92 Å². The van der Waals surface area contributed by atoms with Crippen LogP contribution < -0.4 is 21.7 Å². The molecule has 1 heterocycles. The van der Waals surface area contributed by atoms with Crippen LogP contribution in [0.1, 0.15) is 65.7 Å². The maximum Gasteiger partial charge on any atom is 0.320 e. The first-order valence-corrected chi connectivity index (χ1v) is 12.8. The summed E-state index contributed by atoms with van der Waals surface area (Å²) in [6.07, 6.45) is 3.61. The van der Waals surface area contributed by atoms with Gasteiger partial charge in [0.05, 0.1) is 6.04 Å². The van der Waals surface area contributed by atoms with Gasteiger partial charge in [-0.25, -0.2) is 0 Å². The summed E-state index contributed by atoms with van der Waals surface area (Å²) in [4.78, 5) is 75.8. The average molecular weight is 524 g/mol. The minimum Gasteiger partial charge on any atom is -0.480 e. The Morgan fingerprint density at radius 3 is 2.38 bits per heavy atom. The summed E-state index contributed by atoms with van der Waals surface area (Å²) in [6, 6.07) is -3.79. The zero-order chi connectivity index (χ0) is 28.1. The number of nitrogens with one attached hydrogen (secondary N) is 3. The van der Waals surface area contributed by atoms with Gasteiger partial charge in [0.1, 0.15) is 18.1 Å². The number of likely N-dealkylation sites (tertiary alicyclic amines) is 1. The summed E-state index contributed by atoms with van der Waals surface area (Å²) in [5, 5.41) is 16.6. The van der Waals surface area contributed by atoms with E-state index in [-0.39, 0.29) is 38.1 Å². The quantitative estimate of drug-likeness (QED) is 0.136. The maximum absolute atomic E-state index is 13.4. The van der Waals surface area contributed by atoms with Gasteiger partial charge in [-0.15, -0.1) is 6.58 Å². The van der Waals surface area contributed by atoms with Crippen molar-refractivity contribution in [2.75, 3.05) is 13.1 Å². The highest BCUT2D eigenvalue weighted by molar-refractivity contribution is 6.38. The first-order chi connectivity index (χ1) is 17.4. The molecule has 0 aromatic heterocycles. The highest BCUT2D eigenvalue weighted by Crippen LogP contribution is 2.21. The van der Waals surface area contributed by atoms with Gasteiger partial charge in [-0.05, 0) is 38.0 Å². The van der Waals surface area contributed by atoms with Crippen LogP contribution in [0.4, 0.5) is 0 Å². The second-order valence-electron chi connectivity index (χ2n) is 9.53. The van der Waals surface area contributed by atoms with E-state index in [1.165, 1.54) is 11.0 Å². The van der Waals surface area contributed by atoms with Crippen molar-refractivity contribution in [1.82, 2.24) is 20.9 Å². The van der Waals surface area contributed by atoms with E-state index < -0.39 is 59.5 Å². The fourth-order valence-electron chi connectivity index (χ4n) is 4.08. The van der Waals surface area contributed by atoms with Crippen LogP contribution >= 0.6 is 0 Å². The van der Waals surface area contributed by atoms with Crippen molar-refractivity contribution in [3.8, 4) is 0 Å². The minimum absolute atomic E-state index is 0.0100. The minimum atomic E-state index is -1.14. The first-order valence-electron chi connectivity index (χ1n) is 12.8. The van der Waals surface area contributed by atoms with Crippen molar-refractivity contribution in [2.45, 2.75) is 89.9 Å². The number of carboxylic acid groups (broad SMARTS) is 1. The molecule has 0 saturated carbocycles. The topological polar surface area (TPSA) is 188 Å². The Morgan fingerprint density at radius 2 is 1.81 bits per heavy atom. The van der Waals surface area contributed by atoms with Gasteiger partial charge in [0.2, 0.25) is 23.5 Å². The number of amides is 4. The molecule has 0 aliphatic carbocycles. The lowest BCUT2D eigenvalue weighted by Crippen LogP contribution is -2.57. The average Bonchev–Trinajstić information content (AvgIpc) is 3.34. The van der Waals surface area contributed by atoms with Gasteiger partial charge in [-0.2, -0.15) is 0 Å². The van der Waals surface area contributed by atoms with Crippen LogP contribution in [0.25, 0.3) is 0 Å². The largest absolute Gasteiger partial charge is 0.480 e. The summed E-state index contributed by atoms with van der Waals surface area (Å²) >= 11 is 0. The molecule has 0 aromatic carbocycles. The summed E-state index contributed by atoms with van der Waals surface area (Å²) in [6.45, 7) is 9.29. The van der Waals surface area contributed by atoms with Gasteiger partial charge >= 0.3 is 5.97 Å². The number of carbonyl (C=O) groups excluding carboxylic acids is 5. The smallest absolute Gasteiger partial charge is 0.320 e. The lowest BCUT2D eigenvalue weighted by atomic mass is 10.0. The number of aliphatic carboxylic acids is 1. The molecule has 4 atom stereocenters. The lowest BCUT2D eigenvalue weighted by Gasteiger charge is -2.31. The molecular formula is C25H41N5O7. The molecule has 12 nitrogen and oxygen atoms in total. The second-order valence-corrected chi connectivity index (χ2v) is 9.53. The Morgan fingerprint density at radius 1 is 1.14 bits per heavy atom. The van der Waals surface area contributed by atoms with Crippen LogP contribution in [-0.2, 0) is 28.8 Å². The molecule has 0 bridgehead atoms. The molecule has 1 aliphatic heterocycles. The summed E-state index contributed by atoms with van der Waals surface area (Å²) < 4.78 is 0. The lowest BCUT2D eigenvalue weighted by molar-refractivity contribution is -0.144. The molecule has 0 radical (unpaired) electrons. The van der Waals surface area contributed by atoms with Crippen molar-refractivity contribution >= 4 is 35.4 Å². The highest BCUT2D eigenvalue weighted by atomic mass is 16.4. The highest BCUT2D eigenvalue weighted by Gasteiger charge is 2.40. The SMILES string of the molecule is C=CCNC(=O)C(=O)[C@H](CCC)NC(=O)[C@@H]1CCCN1C(=O)[C@@H](NC(=O)CCC[C@H](N)C(=O)O)C(C)C. The van der Waals surface area contributed by atoms with E-state index in [4.69, 9.17) is 10.8 Å². The Kier molecular flexibility index (Phi) is 13.5. The first kappa shape index (κ1) is 31.7. The van der Waals surface area contributed by atoms with E-state index in [2.05, 4.69) is 22.5 Å². The van der Waals surface area contributed by atoms with E-state index >= 15 is 0 Å². The van der Waals surface area contributed by atoms with E-state index in [9.17, 15) is 28.8 Å². The number of nitrogens with zero attached hydrogens (tertiary/aromatic N) is 1. The predicted molar refractivity (Wildman–Crippen MR) is 136 cm³/mol. The molecule has 0 aromatic rings. The molecule has 0 spiro atoms. The maximum atomic E-state index is 13.4. The van der Waals surface area contributed by atoms with Crippen LogP contribution in [0.15, 0.2) is 12.7 Å². The number of nitrogens with two attached hydrogens (primary N) is 1. The molecule has 4 amide bonds. The number of hydrogen-bond donors (Lipinski definition) is 5. The molecule has 12 heteroatoms. The number of ketones is 1. The third kappa shape index (κ3) is 9.95. The summed E-state index contributed by atoms with van der Waals surface area (Å²) in [5.41, 5.74) is 5.46. The van der Waals surface area contributed by atoms with E-state index in [1.54, 1.807) is 13.8 Å². The molecule has 6 N–H and O–H groups in total. The number of carboxylic acids is 1. The second kappa shape index (κ2) is 15.7. The number of rotatable bonds is 16. The third-order valence-electron chi connectivity index (χ3n) is 6.16. The van der Waals surface area contributed by atoms with Crippen LogP contribution in [0.3, 0.4) is 0 Å². The van der Waals surface area contributed by atoms with Gasteiger partial charge in [-0.1, -0.05) is 33.3 Å². The molecule has 1 aliphatic rings. The number of carbonyl (C=O) groups is 6. The molecule has 0 unspecified atom stereocenters. The van der Waals surface area contributed by atoms with Crippen molar-refractivity contribution in [3.05, 3.63) is 12.7 Å². The van der Waals surface area contributed by atoms with E-state index in [0.29, 0.717) is 25.8 Å². The van der Waals surface area contributed by atoms with E-state index in [0.717, 1.165) is 0 Å². The third-order valence-corrected chi connectivity index (χ3v) is 6.16. The van der Waals surface area contributed by atoms with Gasteiger partial charge in [0, 0.05) is 19.5 Å². The standard InChI is InChI=1S/C25H41N5O7/c1-5-9-17(21(32)23(34)27-13-6-2)28-22(33)18-11-8-14-30(18)24(35)20(15(3)4)29-19(31)12-7-10-16(26)25(36)37/h6,15-18,20H,2,5,7-14,26H2,1,3-4H3,(H,27,34)(H,28,33)(H,29,31)(H,36,37)/t16-,17-,18-,20-/m0/s1. The Labute approximate surface area is 217 Å². The number of Topliss-reactive ketones (excluding diaryl/α,β-unsaturated/α-hetero) is 1. The van der Waals surface area contributed by atoms with Gasteiger partial charge in [0.15, 0.2) is 0 Å². The molecule has 208 valence electrons. The van der Waals surface area contributed by atoms with Gasteiger partial charge < -0.3 is 31.7 Å². The Bertz CT molecular complexity index is 860. The van der Waals surface area contributed by atoms with Crippen LogP contribution in [0, 0.1) is 5.92 Å². The van der Waals surface area contributed by atoms with Crippen molar-refractivity contribution < 1.29 is 33.9 Å². The summed E-state index contributed by atoms with van der Waals surface area (Å²) in [5.74, 6) is -4.34.